The van der Waals surface area contributed by atoms with Crippen molar-refractivity contribution in [2.24, 2.45) is 7.05 Å². The first-order valence-corrected chi connectivity index (χ1v) is 12.9. The van der Waals surface area contributed by atoms with Crippen LogP contribution in [0.25, 0.3) is 39.8 Å². The first-order valence-electron chi connectivity index (χ1n) is 12.9. The number of hydrogen-bond donors (Lipinski definition) is 0. The zero-order valence-electron chi connectivity index (χ0n) is 22.3. The molecule has 38 heavy (non-hydrogen) atoms. The number of rotatable bonds is 7. The van der Waals surface area contributed by atoms with Crippen LogP contribution in [0.3, 0.4) is 0 Å². The molecule has 1 saturated heterocycles. The SMILES string of the molecule is Cc1cccc(-c2ccn(-c3nc(N4CCOCC4)c4oc(-c5cc(CCN(C)C)n(C)n5)cc4n3)n2)c1. The average Bonchev–Trinajstić information content (AvgIpc) is 3.65. The minimum absolute atomic E-state index is 0.498. The Labute approximate surface area is 221 Å². The van der Waals surface area contributed by atoms with Crippen LogP contribution in [-0.2, 0) is 18.2 Å². The first kappa shape index (κ1) is 24.3. The van der Waals surface area contributed by atoms with Crippen molar-refractivity contribution in [3.05, 3.63) is 59.9 Å². The summed E-state index contributed by atoms with van der Waals surface area (Å²) in [6.07, 6.45) is 2.81. The molecule has 0 spiro atoms. The Bertz CT molecular complexity index is 1580. The van der Waals surface area contributed by atoms with Gasteiger partial charge in [0.25, 0.3) is 5.95 Å². The fourth-order valence-corrected chi connectivity index (χ4v) is 4.71. The molecule has 0 saturated carbocycles. The lowest BCUT2D eigenvalue weighted by Gasteiger charge is -2.27. The highest BCUT2D eigenvalue weighted by atomic mass is 16.5. The lowest BCUT2D eigenvalue weighted by Crippen LogP contribution is -2.37. The third-order valence-electron chi connectivity index (χ3n) is 6.80. The van der Waals surface area contributed by atoms with Gasteiger partial charge in [-0.3, -0.25) is 4.68 Å². The van der Waals surface area contributed by atoms with Crippen LogP contribution in [0.1, 0.15) is 11.3 Å². The maximum Gasteiger partial charge on any atom is 0.253 e. The van der Waals surface area contributed by atoms with Crippen LogP contribution in [0.2, 0.25) is 0 Å². The zero-order valence-corrected chi connectivity index (χ0v) is 22.3. The van der Waals surface area contributed by atoms with Crippen LogP contribution < -0.4 is 4.90 Å². The first-order chi connectivity index (χ1) is 18.4. The van der Waals surface area contributed by atoms with E-state index in [9.17, 15) is 0 Å². The van der Waals surface area contributed by atoms with E-state index in [0.29, 0.717) is 30.5 Å². The Morgan fingerprint density at radius 1 is 0.974 bits per heavy atom. The van der Waals surface area contributed by atoms with Crippen molar-refractivity contribution < 1.29 is 9.15 Å². The summed E-state index contributed by atoms with van der Waals surface area (Å²) in [5.41, 5.74) is 6.43. The Balaban J connectivity index is 1.41. The molecule has 0 radical (unpaired) electrons. The number of fused-ring (bicyclic) bond motifs is 1. The van der Waals surface area contributed by atoms with Gasteiger partial charge >= 0.3 is 0 Å². The Morgan fingerprint density at radius 3 is 2.61 bits per heavy atom. The fraction of sp³-hybridized carbons (Fsp3) is 0.357. The Kier molecular flexibility index (Phi) is 6.42. The van der Waals surface area contributed by atoms with Crippen molar-refractivity contribution in [2.75, 3.05) is 51.8 Å². The second-order valence-electron chi connectivity index (χ2n) is 9.98. The molecule has 5 heterocycles. The summed E-state index contributed by atoms with van der Waals surface area (Å²) in [4.78, 5) is 14.1. The molecule has 0 N–H and O–H groups in total. The number of likely N-dealkylation sites (N-methyl/N-ethyl adjacent to an activating group) is 1. The summed E-state index contributed by atoms with van der Waals surface area (Å²) in [7, 11) is 6.12. The van der Waals surface area contributed by atoms with Crippen LogP contribution in [0.4, 0.5) is 5.82 Å². The molecular weight excluding hydrogens is 480 g/mol. The second kappa shape index (κ2) is 10.0. The van der Waals surface area contributed by atoms with Gasteiger partial charge < -0.3 is 19.0 Å². The summed E-state index contributed by atoms with van der Waals surface area (Å²) >= 11 is 0. The van der Waals surface area contributed by atoms with Crippen molar-refractivity contribution in [2.45, 2.75) is 13.3 Å². The van der Waals surface area contributed by atoms with Crippen molar-refractivity contribution in [3.8, 4) is 28.7 Å². The average molecular weight is 513 g/mol. The monoisotopic (exact) mass is 512 g/mol. The Hall–Kier alpha value is -4.02. The topological polar surface area (TPSA) is 90.3 Å². The van der Waals surface area contributed by atoms with Crippen molar-refractivity contribution in [3.63, 3.8) is 0 Å². The largest absolute Gasteiger partial charge is 0.449 e. The van der Waals surface area contributed by atoms with E-state index in [1.807, 2.05) is 36.1 Å². The zero-order chi connectivity index (χ0) is 26.2. The number of aromatic nitrogens is 6. The van der Waals surface area contributed by atoms with Gasteiger partial charge in [0.15, 0.2) is 17.2 Å². The minimum atomic E-state index is 0.498. The number of hydrogen-bond acceptors (Lipinski definition) is 8. The highest BCUT2D eigenvalue weighted by Gasteiger charge is 2.23. The number of anilines is 1. The molecule has 4 aromatic heterocycles. The van der Waals surface area contributed by atoms with E-state index < -0.39 is 0 Å². The van der Waals surface area contributed by atoms with E-state index in [1.54, 1.807) is 4.68 Å². The summed E-state index contributed by atoms with van der Waals surface area (Å²) in [5, 5.41) is 9.52. The highest BCUT2D eigenvalue weighted by molar-refractivity contribution is 5.88. The van der Waals surface area contributed by atoms with Crippen LogP contribution in [0.5, 0.6) is 0 Å². The number of ether oxygens (including phenoxy) is 1. The van der Waals surface area contributed by atoms with Gasteiger partial charge in [0.1, 0.15) is 11.2 Å². The van der Waals surface area contributed by atoms with E-state index >= 15 is 0 Å². The Morgan fingerprint density at radius 2 is 1.82 bits per heavy atom. The lowest BCUT2D eigenvalue weighted by atomic mass is 10.1. The summed E-state index contributed by atoms with van der Waals surface area (Å²) in [6.45, 7) is 5.77. The van der Waals surface area contributed by atoms with Crippen molar-refractivity contribution in [1.29, 1.82) is 0 Å². The molecule has 0 atom stereocenters. The molecule has 196 valence electrons. The lowest BCUT2D eigenvalue weighted by molar-refractivity contribution is 0.122. The number of benzene rings is 1. The third-order valence-corrected chi connectivity index (χ3v) is 6.80. The van der Waals surface area contributed by atoms with E-state index in [-0.39, 0.29) is 0 Å². The molecular formula is C28H32N8O2. The maximum atomic E-state index is 6.39. The van der Waals surface area contributed by atoms with E-state index in [1.165, 1.54) is 5.56 Å². The summed E-state index contributed by atoms with van der Waals surface area (Å²) in [5.74, 6) is 1.92. The van der Waals surface area contributed by atoms with Crippen molar-refractivity contribution >= 4 is 16.9 Å². The quantitative estimate of drug-likeness (QED) is 0.326. The fourth-order valence-electron chi connectivity index (χ4n) is 4.71. The number of morpholine rings is 1. The molecule has 0 bridgehead atoms. The molecule has 1 aliphatic rings. The standard InChI is InChI=1S/C28H32N8O2/c1-19-6-5-7-20(16-19)22-9-11-36(32-22)28-29-24-18-25(23-17-21(34(4)31-23)8-10-33(2)3)38-26(24)27(30-28)35-12-14-37-15-13-35/h5-7,9,11,16-18H,8,10,12-15H2,1-4H3. The van der Waals surface area contributed by atoms with Gasteiger partial charge in [0.05, 0.1) is 18.9 Å². The van der Waals surface area contributed by atoms with Gasteiger partial charge in [-0.2, -0.15) is 15.2 Å². The molecule has 5 aromatic rings. The highest BCUT2D eigenvalue weighted by Crippen LogP contribution is 2.33. The normalized spacial score (nSPS) is 14.2. The van der Waals surface area contributed by atoms with Crippen LogP contribution in [0, 0.1) is 6.92 Å². The molecule has 1 fully saturated rings. The molecule has 6 rings (SSSR count). The molecule has 1 aliphatic heterocycles. The van der Waals surface area contributed by atoms with Crippen molar-refractivity contribution in [1.82, 2.24) is 34.4 Å². The molecule has 0 aliphatic carbocycles. The van der Waals surface area contributed by atoms with E-state index in [0.717, 1.165) is 60.0 Å². The number of nitrogens with zero attached hydrogens (tertiary/aromatic N) is 8. The van der Waals surface area contributed by atoms with Gasteiger partial charge in [0.2, 0.25) is 0 Å². The van der Waals surface area contributed by atoms with Gasteiger partial charge in [-0.1, -0.05) is 23.8 Å². The number of furan rings is 1. The van der Waals surface area contributed by atoms with E-state index in [2.05, 4.69) is 55.1 Å². The smallest absolute Gasteiger partial charge is 0.253 e. The second-order valence-corrected chi connectivity index (χ2v) is 9.98. The minimum Gasteiger partial charge on any atom is -0.449 e. The predicted octanol–water partition coefficient (Wildman–Crippen LogP) is 3.73. The summed E-state index contributed by atoms with van der Waals surface area (Å²) < 4.78 is 15.6. The van der Waals surface area contributed by atoms with Crippen LogP contribution in [0.15, 0.2) is 53.1 Å². The molecule has 0 amide bonds. The molecule has 0 unspecified atom stereocenters. The van der Waals surface area contributed by atoms with Gasteiger partial charge in [-0.05, 0) is 39.2 Å². The summed E-state index contributed by atoms with van der Waals surface area (Å²) in [6, 6.07) is 14.3. The van der Waals surface area contributed by atoms with Gasteiger partial charge in [0, 0.05) is 56.6 Å². The number of aryl methyl sites for hydroxylation is 2. The van der Waals surface area contributed by atoms with Gasteiger partial charge in [-0.15, -0.1) is 0 Å². The molecule has 1 aromatic carbocycles. The van der Waals surface area contributed by atoms with Gasteiger partial charge in [-0.25, -0.2) is 9.67 Å². The van der Waals surface area contributed by atoms with Crippen LogP contribution in [-0.4, -0.2) is 81.4 Å². The maximum absolute atomic E-state index is 6.39. The molecule has 10 heteroatoms. The van der Waals surface area contributed by atoms with E-state index in [4.69, 9.17) is 29.3 Å². The third kappa shape index (κ3) is 4.80. The predicted molar refractivity (Wildman–Crippen MR) is 147 cm³/mol. The van der Waals surface area contributed by atoms with Crippen LogP contribution >= 0.6 is 0 Å². The molecule has 10 nitrogen and oxygen atoms in total.